The van der Waals surface area contributed by atoms with Gasteiger partial charge in [0.05, 0.1) is 12.6 Å². The second kappa shape index (κ2) is 8.32. The van der Waals surface area contributed by atoms with E-state index >= 15 is 0 Å². The number of para-hydroxylation sites is 1. The van der Waals surface area contributed by atoms with Crippen LogP contribution in [-0.4, -0.2) is 4.57 Å². The Morgan fingerprint density at radius 2 is 1.45 bits per heavy atom. The number of benzene rings is 4. The average molecular weight is 436 g/mol. The molecule has 33 heavy (non-hydrogen) atoms. The number of hydrogen-bond donors (Lipinski definition) is 0. The molecule has 0 aliphatic heterocycles. The Hall–Kier alpha value is -3.72. The summed E-state index contributed by atoms with van der Waals surface area (Å²) in [6.45, 7) is 6.64. The predicted octanol–water partition coefficient (Wildman–Crippen LogP) is 7.36. The Labute approximate surface area is 194 Å². The lowest BCUT2D eigenvalue weighted by Gasteiger charge is -2.12. The van der Waals surface area contributed by atoms with Crippen LogP contribution in [0.4, 0.5) is 4.39 Å². The van der Waals surface area contributed by atoms with E-state index in [1.165, 1.54) is 34.5 Å². The van der Waals surface area contributed by atoms with Crippen molar-refractivity contribution in [2.45, 2.75) is 26.7 Å². The van der Waals surface area contributed by atoms with Crippen molar-refractivity contribution in [1.29, 1.82) is 0 Å². The molecule has 164 valence electrons. The van der Waals surface area contributed by atoms with Gasteiger partial charge in [0.2, 0.25) is 0 Å². The molecule has 0 bridgehead atoms. The van der Waals surface area contributed by atoms with Gasteiger partial charge in [-0.1, -0.05) is 62.4 Å². The topological polar surface area (TPSA) is 8.81 Å². The van der Waals surface area contributed by atoms with Crippen molar-refractivity contribution >= 4 is 11.0 Å². The van der Waals surface area contributed by atoms with Gasteiger partial charge in [0.25, 0.3) is 5.82 Å². The van der Waals surface area contributed by atoms with E-state index < -0.39 is 0 Å². The Bertz CT molecular complexity index is 1460. The zero-order chi connectivity index (χ0) is 23.1. The van der Waals surface area contributed by atoms with E-state index in [-0.39, 0.29) is 5.82 Å². The van der Waals surface area contributed by atoms with Gasteiger partial charge < -0.3 is 0 Å². The number of aryl methyl sites for hydroxylation is 2. The third-order valence-electron chi connectivity index (χ3n) is 6.47. The van der Waals surface area contributed by atoms with Gasteiger partial charge in [0, 0.05) is 5.56 Å². The summed E-state index contributed by atoms with van der Waals surface area (Å²) in [4.78, 5) is 0. The van der Waals surface area contributed by atoms with Crippen LogP contribution >= 0.6 is 0 Å². The van der Waals surface area contributed by atoms with E-state index in [1.54, 1.807) is 0 Å². The number of fused-ring (bicyclic) bond motifs is 1. The molecule has 0 N–H and O–H groups in total. The molecule has 1 heterocycles. The molecular formula is C30H28FN2+. The van der Waals surface area contributed by atoms with Gasteiger partial charge >= 0.3 is 0 Å². The molecule has 4 aromatic carbocycles. The summed E-state index contributed by atoms with van der Waals surface area (Å²) in [7, 11) is 2.14. The Morgan fingerprint density at radius 1 is 0.788 bits per heavy atom. The largest absolute Gasteiger partial charge is 0.295 e. The zero-order valence-corrected chi connectivity index (χ0v) is 19.5. The zero-order valence-electron chi connectivity index (χ0n) is 19.5. The van der Waals surface area contributed by atoms with Crippen molar-refractivity contribution < 1.29 is 8.96 Å². The van der Waals surface area contributed by atoms with Crippen LogP contribution in [0.25, 0.3) is 39.2 Å². The smallest absolute Gasteiger partial charge is 0.225 e. The maximum Gasteiger partial charge on any atom is 0.295 e. The minimum absolute atomic E-state index is 0.220. The van der Waals surface area contributed by atoms with Crippen LogP contribution in [0.3, 0.4) is 0 Å². The molecule has 3 heteroatoms. The van der Waals surface area contributed by atoms with Crippen LogP contribution in [-0.2, 0) is 7.05 Å². The van der Waals surface area contributed by atoms with Crippen molar-refractivity contribution in [1.82, 2.24) is 4.57 Å². The molecule has 0 saturated heterocycles. The fraction of sp³-hybridized carbons (Fsp3) is 0.167. The molecule has 0 radical (unpaired) electrons. The highest BCUT2D eigenvalue weighted by Gasteiger charge is 2.29. The molecule has 0 amide bonds. The van der Waals surface area contributed by atoms with Crippen molar-refractivity contribution in [3.63, 3.8) is 0 Å². The lowest BCUT2D eigenvalue weighted by molar-refractivity contribution is -0.633. The number of rotatable bonds is 4. The molecule has 0 atom stereocenters. The summed E-state index contributed by atoms with van der Waals surface area (Å²) in [5.74, 6) is 1.31. The van der Waals surface area contributed by atoms with Crippen molar-refractivity contribution in [2.75, 3.05) is 0 Å². The first kappa shape index (κ1) is 21.1. The Balaban J connectivity index is 1.88. The second-order valence-electron chi connectivity index (χ2n) is 8.96. The summed E-state index contributed by atoms with van der Waals surface area (Å²) < 4.78 is 18.2. The average Bonchev–Trinajstić information content (AvgIpc) is 3.11. The second-order valence-corrected chi connectivity index (χ2v) is 8.96. The first-order chi connectivity index (χ1) is 16.0. The molecule has 0 aliphatic carbocycles. The predicted molar refractivity (Wildman–Crippen MR) is 134 cm³/mol. The van der Waals surface area contributed by atoms with Gasteiger partial charge in [-0.05, 0) is 72.0 Å². The molecule has 0 saturated carbocycles. The normalized spacial score (nSPS) is 11.5. The molecule has 0 fully saturated rings. The van der Waals surface area contributed by atoms with Gasteiger partial charge in [0.15, 0.2) is 11.0 Å². The standard InChI is InChI=1S/C30H28FN2/c1-20(2)25-10-7-8-12-27(25)33-29-19-23(22-13-16-24(31)17-14-22)15-18-28(29)32(4)30(33)26-11-6-5-9-21(26)3/h5-20H,1-4H3/q+1. The lowest BCUT2D eigenvalue weighted by atomic mass is 10.00. The lowest BCUT2D eigenvalue weighted by Crippen LogP contribution is -2.30. The number of nitrogens with zero attached hydrogens (tertiary/aromatic N) is 2. The molecule has 5 rings (SSSR count). The number of hydrogen-bond acceptors (Lipinski definition) is 0. The third kappa shape index (κ3) is 3.64. The molecular weight excluding hydrogens is 407 g/mol. The highest BCUT2D eigenvalue weighted by atomic mass is 19.1. The SMILES string of the molecule is Cc1ccccc1-c1n(-c2ccccc2C(C)C)c2cc(-c3ccc(F)cc3)ccc2[n+]1C. The van der Waals surface area contributed by atoms with Crippen LogP contribution in [0.2, 0.25) is 0 Å². The van der Waals surface area contributed by atoms with Crippen LogP contribution in [0, 0.1) is 12.7 Å². The number of aromatic nitrogens is 2. The highest BCUT2D eigenvalue weighted by molar-refractivity contribution is 5.85. The minimum atomic E-state index is -0.220. The van der Waals surface area contributed by atoms with E-state index in [4.69, 9.17) is 0 Å². The molecule has 1 aromatic heterocycles. The quantitative estimate of drug-likeness (QED) is 0.261. The van der Waals surface area contributed by atoms with Crippen LogP contribution in [0.1, 0.15) is 30.9 Å². The first-order valence-corrected chi connectivity index (χ1v) is 11.4. The molecule has 2 nitrogen and oxygen atoms in total. The van der Waals surface area contributed by atoms with E-state index in [0.29, 0.717) is 5.92 Å². The third-order valence-corrected chi connectivity index (χ3v) is 6.47. The first-order valence-electron chi connectivity index (χ1n) is 11.4. The van der Waals surface area contributed by atoms with Crippen LogP contribution in [0.5, 0.6) is 0 Å². The fourth-order valence-corrected chi connectivity index (χ4v) is 4.73. The molecule has 5 aromatic rings. The maximum atomic E-state index is 13.5. The van der Waals surface area contributed by atoms with Crippen molar-refractivity contribution in [3.05, 3.63) is 108 Å². The molecule has 0 spiro atoms. The number of imidazole rings is 1. The van der Waals surface area contributed by atoms with Crippen molar-refractivity contribution in [2.24, 2.45) is 7.05 Å². The maximum absolute atomic E-state index is 13.5. The fourth-order valence-electron chi connectivity index (χ4n) is 4.73. The Morgan fingerprint density at radius 3 is 2.18 bits per heavy atom. The van der Waals surface area contributed by atoms with Gasteiger partial charge in [-0.25, -0.2) is 8.96 Å². The van der Waals surface area contributed by atoms with Gasteiger partial charge in [-0.15, -0.1) is 0 Å². The Kier molecular flexibility index (Phi) is 5.33. The monoisotopic (exact) mass is 435 g/mol. The molecule has 0 aliphatic rings. The summed E-state index contributed by atoms with van der Waals surface area (Å²) in [5, 5.41) is 0. The van der Waals surface area contributed by atoms with E-state index in [2.05, 4.69) is 104 Å². The van der Waals surface area contributed by atoms with E-state index in [9.17, 15) is 4.39 Å². The van der Waals surface area contributed by atoms with E-state index in [0.717, 1.165) is 28.0 Å². The summed E-state index contributed by atoms with van der Waals surface area (Å²) in [5.41, 5.74) is 9.28. The van der Waals surface area contributed by atoms with Gasteiger partial charge in [-0.3, -0.25) is 0 Å². The van der Waals surface area contributed by atoms with E-state index in [1.807, 2.05) is 12.1 Å². The van der Waals surface area contributed by atoms with Crippen LogP contribution in [0.15, 0.2) is 91.0 Å². The summed E-state index contributed by atoms with van der Waals surface area (Å²) in [6.07, 6.45) is 0. The summed E-state index contributed by atoms with van der Waals surface area (Å²) in [6, 6.07) is 30.4. The van der Waals surface area contributed by atoms with Crippen LogP contribution < -0.4 is 4.57 Å². The minimum Gasteiger partial charge on any atom is -0.225 e. The highest BCUT2D eigenvalue weighted by Crippen LogP contribution is 2.34. The number of halogens is 1. The van der Waals surface area contributed by atoms with Gasteiger partial charge in [-0.2, -0.15) is 4.57 Å². The van der Waals surface area contributed by atoms with Gasteiger partial charge in [0.1, 0.15) is 11.5 Å². The summed E-state index contributed by atoms with van der Waals surface area (Å²) >= 11 is 0. The molecule has 0 unspecified atom stereocenters. The van der Waals surface area contributed by atoms with Crippen molar-refractivity contribution in [3.8, 4) is 28.2 Å².